The van der Waals surface area contributed by atoms with E-state index in [1.165, 1.54) is 57.4 Å². The molecule has 1 unspecified atom stereocenters. The average molecular weight is 244 g/mol. The Bertz CT molecular complexity index is 408. The molecule has 2 heteroatoms. The topological polar surface area (TPSA) is 15.3 Å². The molecule has 0 aromatic heterocycles. The second-order valence-electron chi connectivity index (χ2n) is 5.90. The van der Waals surface area contributed by atoms with Gasteiger partial charge in [-0.05, 0) is 74.4 Å². The van der Waals surface area contributed by atoms with Gasteiger partial charge in [0.25, 0.3) is 0 Å². The lowest BCUT2D eigenvalue weighted by molar-refractivity contribution is 0.381. The zero-order valence-corrected chi connectivity index (χ0v) is 11.4. The van der Waals surface area contributed by atoms with Crippen LogP contribution in [0.1, 0.15) is 30.4 Å². The molecular weight excluding hydrogens is 220 g/mol. The van der Waals surface area contributed by atoms with Gasteiger partial charge in [-0.1, -0.05) is 6.07 Å². The van der Waals surface area contributed by atoms with Crippen molar-refractivity contribution in [2.75, 3.05) is 31.6 Å². The second-order valence-corrected chi connectivity index (χ2v) is 5.90. The molecule has 1 heterocycles. The number of aryl methyl sites for hydroxylation is 2. The Morgan fingerprint density at radius 3 is 2.94 bits per heavy atom. The van der Waals surface area contributed by atoms with Crippen LogP contribution >= 0.6 is 0 Å². The second kappa shape index (κ2) is 5.31. The van der Waals surface area contributed by atoms with Gasteiger partial charge in [-0.15, -0.1) is 0 Å². The summed E-state index contributed by atoms with van der Waals surface area (Å²) in [5.41, 5.74) is 4.56. The van der Waals surface area contributed by atoms with Crippen LogP contribution in [-0.2, 0) is 12.8 Å². The van der Waals surface area contributed by atoms with E-state index in [2.05, 4.69) is 35.5 Å². The maximum absolute atomic E-state index is 3.51. The normalized spacial score (nSPS) is 22.8. The number of hydrogen-bond donors (Lipinski definition) is 1. The molecule has 1 aromatic rings. The molecule has 1 N–H and O–H groups in total. The predicted molar refractivity (Wildman–Crippen MR) is 77.3 cm³/mol. The van der Waals surface area contributed by atoms with E-state index in [1.54, 1.807) is 11.1 Å². The highest BCUT2D eigenvalue weighted by molar-refractivity contribution is 5.51. The van der Waals surface area contributed by atoms with Gasteiger partial charge in [-0.3, -0.25) is 0 Å². The fraction of sp³-hybridized carbons (Fsp3) is 0.625. The highest BCUT2D eigenvalue weighted by Gasteiger charge is 2.17. The lowest BCUT2D eigenvalue weighted by Gasteiger charge is -2.29. The van der Waals surface area contributed by atoms with Crippen molar-refractivity contribution in [3.63, 3.8) is 0 Å². The molecule has 0 radical (unpaired) electrons. The van der Waals surface area contributed by atoms with Crippen molar-refractivity contribution in [2.24, 2.45) is 5.92 Å². The van der Waals surface area contributed by atoms with E-state index < -0.39 is 0 Å². The summed E-state index contributed by atoms with van der Waals surface area (Å²) < 4.78 is 0. The number of piperidine rings is 1. The molecule has 1 atom stereocenters. The summed E-state index contributed by atoms with van der Waals surface area (Å²) in [5, 5.41) is 3.51. The monoisotopic (exact) mass is 244 g/mol. The first-order valence-electron chi connectivity index (χ1n) is 7.36. The van der Waals surface area contributed by atoms with E-state index in [9.17, 15) is 0 Å². The summed E-state index contributed by atoms with van der Waals surface area (Å²) in [4.78, 5) is 2.44. The molecule has 98 valence electrons. The Balaban J connectivity index is 1.66. The number of nitrogens with one attached hydrogen (secondary N) is 1. The summed E-state index contributed by atoms with van der Waals surface area (Å²) >= 11 is 0. The molecule has 0 saturated carbocycles. The molecule has 1 aliphatic heterocycles. The Kier molecular flexibility index (Phi) is 3.55. The number of nitrogens with zero attached hydrogens (tertiary/aromatic N) is 1. The van der Waals surface area contributed by atoms with Crippen molar-refractivity contribution in [1.29, 1.82) is 0 Å². The third-order valence-corrected chi connectivity index (χ3v) is 4.45. The van der Waals surface area contributed by atoms with Crippen LogP contribution < -0.4 is 10.2 Å². The van der Waals surface area contributed by atoms with Crippen LogP contribution in [0.3, 0.4) is 0 Å². The van der Waals surface area contributed by atoms with Gasteiger partial charge in [0.15, 0.2) is 0 Å². The predicted octanol–water partition coefficient (Wildman–Crippen LogP) is 2.61. The number of anilines is 1. The quantitative estimate of drug-likeness (QED) is 0.879. The Morgan fingerprint density at radius 2 is 2.11 bits per heavy atom. The van der Waals surface area contributed by atoms with Gasteiger partial charge in [0, 0.05) is 19.3 Å². The van der Waals surface area contributed by atoms with Crippen molar-refractivity contribution in [1.82, 2.24) is 5.32 Å². The molecule has 1 fully saturated rings. The molecule has 0 amide bonds. The summed E-state index contributed by atoms with van der Waals surface area (Å²) in [6, 6.07) is 7.06. The largest absolute Gasteiger partial charge is 0.374 e. The molecule has 0 bridgehead atoms. The van der Waals surface area contributed by atoms with E-state index >= 15 is 0 Å². The summed E-state index contributed by atoms with van der Waals surface area (Å²) in [5.74, 6) is 0.817. The minimum absolute atomic E-state index is 0.817. The van der Waals surface area contributed by atoms with Crippen LogP contribution in [0.4, 0.5) is 5.69 Å². The van der Waals surface area contributed by atoms with Gasteiger partial charge in [-0.25, -0.2) is 0 Å². The van der Waals surface area contributed by atoms with Gasteiger partial charge in [0.2, 0.25) is 0 Å². The summed E-state index contributed by atoms with van der Waals surface area (Å²) in [7, 11) is 2.24. The van der Waals surface area contributed by atoms with Crippen molar-refractivity contribution in [3.05, 3.63) is 29.3 Å². The summed E-state index contributed by atoms with van der Waals surface area (Å²) in [6.07, 6.45) is 6.62. The minimum Gasteiger partial charge on any atom is -0.374 e. The van der Waals surface area contributed by atoms with Crippen LogP contribution in [0.15, 0.2) is 18.2 Å². The molecule has 3 rings (SSSR count). The van der Waals surface area contributed by atoms with E-state index in [0.29, 0.717) is 0 Å². The Labute approximate surface area is 110 Å². The van der Waals surface area contributed by atoms with Crippen molar-refractivity contribution >= 4 is 5.69 Å². The summed E-state index contributed by atoms with van der Waals surface area (Å²) in [6.45, 7) is 3.58. The highest BCUT2D eigenvalue weighted by Crippen LogP contribution is 2.27. The third kappa shape index (κ3) is 2.54. The molecular formula is C16H24N2. The fourth-order valence-corrected chi connectivity index (χ4v) is 3.37. The van der Waals surface area contributed by atoms with Crippen molar-refractivity contribution < 1.29 is 0 Å². The number of benzene rings is 1. The van der Waals surface area contributed by atoms with E-state index in [1.807, 2.05) is 0 Å². The molecule has 1 aliphatic carbocycles. The lowest BCUT2D eigenvalue weighted by Crippen LogP contribution is -2.36. The Morgan fingerprint density at radius 1 is 1.22 bits per heavy atom. The Hall–Kier alpha value is -1.02. The van der Waals surface area contributed by atoms with Gasteiger partial charge in [0.05, 0.1) is 0 Å². The molecule has 1 aromatic carbocycles. The zero-order chi connectivity index (χ0) is 12.4. The van der Waals surface area contributed by atoms with Crippen LogP contribution in [-0.4, -0.2) is 26.7 Å². The average Bonchev–Trinajstić information content (AvgIpc) is 2.87. The van der Waals surface area contributed by atoms with Crippen LogP contribution in [0, 0.1) is 5.92 Å². The first-order valence-corrected chi connectivity index (χ1v) is 7.36. The highest BCUT2D eigenvalue weighted by atomic mass is 15.1. The zero-order valence-electron chi connectivity index (χ0n) is 11.4. The van der Waals surface area contributed by atoms with Crippen molar-refractivity contribution in [2.45, 2.75) is 32.1 Å². The van der Waals surface area contributed by atoms with Gasteiger partial charge >= 0.3 is 0 Å². The van der Waals surface area contributed by atoms with E-state index in [4.69, 9.17) is 0 Å². The molecule has 2 nitrogen and oxygen atoms in total. The number of fused-ring (bicyclic) bond motifs is 1. The number of rotatable bonds is 3. The SMILES string of the molecule is CN(CC1CCCNC1)c1ccc2c(c1)CCC2. The van der Waals surface area contributed by atoms with E-state index in [0.717, 1.165) is 5.92 Å². The number of hydrogen-bond acceptors (Lipinski definition) is 2. The first-order chi connectivity index (χ1) is 8.83. The lowest BCUT2D eigenvalue weighted by atomic mass is 9.99. The molecule has 2 aliphatic rings. The van der Waals surface area contributed by atoms with Gasteiger partial charge < -0.3 is 10.2 Å². The van der Waals surface area contributed by atoms with Gasteiger partial charge in [0.1, 0.15) is 0 Å². The molecule has 18 heavy (non-hydrogen) atoms. The van der Waals surface area contributed by atoms with Crippen molar-refractivity contribution in [3.8, 4) is 0 Å². The van der Waals surface area contributed by atoms with E-state index in [-0.39, 0.29) is 0 Å². The fourth-order valence-electron chi connectivity index (χ4n) is 3.37. The van der Waals surface area contributed by atoms with Crippen LogP contribution in [0.25, 0.3) is 0 Å². The third-order valence-electron chi connectivity index (χ3n) is 4.45. The minimum atomic E-state index is 0.817. The van der Waals surface area contributed by atoms with Gasteiger partial charge in [-0.2, -0.15) is 0 Å². The van der Waals surface area contributed by atoms with Crippen LogP contribution in [0.5, 0.6) is 0 Å². The first kappa shape index (κ1) is 12.0. The standard InChI is InChI=1S/C16H24N2/c1-18(12-13-4-3-9-17-11-13)16-8-7-14-5-2-6-15(14)10-16/h7-8,10,13,17H,2-6,9,11-12H2,1H3. The smallest absolute Gasteiger partial charge is 0.0366 e. The maximum atomic E-state index is 3.51. The molecule has 0 spiro atoms. The molecule has 1 saturated heterocycles. The maximum Gasteiger partial charge on any atom is 0.0366 e. The van der Waals surface area contributed by atoms with Crippen LogP contribution in [0.2, 0.25) is 0 Å².